The first-order chi connectivity index (χ1) is 12.0. The normalized spacial score (nSPS) is 16.4. The largest absolute Gasteiger partial charge is 0.298 e. The molecule has 3 rings (SSSR count). The second kappa shape index (κ2) is 7.16. The number of para-hydroxylation sites is 1. The number of carbonyl (C=O) groups is 2. The molecule has 0 radical (unpaired) electrons. The van der Waals surface area contributed by atoms with Crippen molar-refractivity contribution < 1.29 is 9.59 Å². The molecule has 0 unspecified atom stereocenters. The van der Waals surface area contributed by atoms with E-state index in [4.69, 9.17) is 12.2 Å². The highest BCUT2D eigenvalue weighted by molar-refractivity contribution is 7.98. The Bertz CT molecular complexity index is 937. The van der Waals surface area contributed by atoms with Gasteiger partial charge in [-0.15, -0.1) is 18.3 Å². The Morgan fingerprint density at radius 1 is 1.36 bits per heavy atom. The van der Waals surface area contributed by atoms with Gasteiger partial charge in [-0.1, -0.05) is 24.3 Å². The molecule has 2 heterocycles. The van der Waals surface area contributed by atoms with Gasteiger partial charge >= 0.3 is 0 Å². The lowest BCUT2D eigenvalue weighted by atomic mass is 10.1. The number of hydrogen-bond acceptors (Lipinski definition) is 5. The van der Waals surface area contributed by atoms with Gasteiger partial charge in [0.1, 0.15) is 10.6 Å². The van der Waals surface area contributed by atoms with Crippen molar-refractivity contribution in [1.29, 1.82) is 0 Å². The minimum absolute atomic E-state index is 0.0304. The Morgan fingerprint density at radius 3 is 2.84 bits per heavy atom. The van der Waals surface area contributed by atoms with E-state index in [1.165, 1.54) is 16.7 Å². The van der Waals surface area contributed by atoms with Crippen LogP contribution in [0.1, 0.15) is 5.56 Å². The molecule has 0 spiro atoms. The first kappa shape index (κ1) is 17.3. The van der Waals surface area contributed by atoms with Crippen LogP contribution < -0.4 is 5.32 Å². The summed E-state index contributed by atoms with van der Waals surface area (Å²) in [7, 11) is 0. The molecule has 0 aliphatic carbocycles. The molecule has 1 aliphatic heterocycles. The van der Waals surface area contributed by atoms with Gasteiger partial charge in [-0.05, 0) is 36.7 Å². The lowest BCUT2D eigenvalue weighted by molar-refractivity contribution is -0.128. The van der Waals surface area contributed by atoms with Crippen molar-refractivity contribution >= 4 is 57.9 Å². The molecule has 1 fully saturated rings. The van der Waals surface area contributed by atoms with Crippen molar-refractivity contribution in [1.82, 2.24) is 15.2 Å². The van der Waals surface area contributed by atoms with Gasteiger partial charge in [0.2, 0.25) is 0 Å². The van der Waals surface area contributed by atoms with Gasteiger partial charge in [0.05, 0.1) is 5.52 Å². The minimum Gasteiger partial charge on any atom is -0.298 e. The molecule has 7 heteroatoms. The number of nitrogens with one attached hydrogen (secondary N) is 1. The van der Waals surface area contributed by atoms with Gasteiger partial charge in [0.15, 0.2) is 5.11 Å². The van der Waals surface area contributed by atoms with E-state index < -0.39 is 11.8 Å². The summed E-state index contributed by atoms with van der Waals surface area (Å²) in [4.78, 5) is 30.8. The summed E-state index contributed by atoms with van der Waals surface area (Å²) >= 11 is 6.52. The van der Waals surface area contributed by atoms with Crippen LogP contribution >= 0.6 is 24.0 Å². The lowest BCUT2D eigenvalue weighted by Crippen LogP contribution is -2.53. The first-order valence-electron chi connectivity index (χ1n) is 7.48. The maximum atomic E-state index is 12.6. The number of carbonyl (C=O) groups excluding carboxylic acids is 2. The Morgan fingerprint density at radius 2 is 2.12 bits per heavy atom. The average molecular weight is 369 g/mol. The molecule has 1 aliphatic rings. The highest BCUT2D eigenvalue weighted by Crippen LogP contribution is 2.26. The maximum absolute atomic E-state index is 12.6. The predicted octanol–water partition coefficient (Wildman–Crippen LogP) is 2.77. The molecule has 0 bridgehead atoms. The summed E-state index contributed by atoms with van der Waals surface area (Å²) in [5, 5.41) is 4.32. The number of hydrogen-bond donors (Lipinski definition) is 1. The lowest BCUT2D eigenvalue weighted by Gasteiger charge is -2.27. The molecule has 1 N–H and O–H groups in total. The van der Waals surface area contributed by atoms with Crippen LogP contribution in [0.3, 0.4) is 0 Å². The van der Waals surface area contributed by atoms with Crippen LogP contribution in [0.4, 0.5) is 0 Å². The molecule has 5 nitrogen and oxygen atoms in total. The smallest absolute Gasteiger partial charge is 0.265 e. The van der Waals surface area contributed by atoms with Crippen LogP contribution in [0.15, 0.2) is 53.6 Å². The number of amides is 2. The zero-order chi connectivity index (χ0) is 18.0. The van der Waals surface area contributed by atoms with Crippen LogP contribution in [0.25, 0.3) is 17.0 Å². The van der Waals surface area contributed by atoms with Crippen LogP contribution in [-0.4, -0.2) is 39.6 Å². The molecule has 126 valence electrons. The van der Waals surface area contributed by atoms with Crippen LogP contribution in [0.5, 0.6) is 0 Å². The van der Waals surface area contributed by atoms with Crippen molar-refractivity contribution in [2.24, 2.45) is 0 Å². The van der Waals surface area contributed by atoms with Crippen LogP contribution in [-0.2, 0) is 9.59 Å². The van der Waals surface area contributed by atoms with E-state index in [1.54, 1.807) is 12.2 Å². The molecule has 25 heavy (non-hydrogen) atoms. The molecule has 0 atom stereocenters. The number of thiocarbonyl (C=S) groups is 1. The molecule has 1 aromatic heterocycles. The summed E-state index contributed by atoms with van der Waals surface area (Å²) < 4.78 is 0. The zero-order valence-electron chi connectivity index (χ0n) is 13.5. The third-order valence-electron chi connectivity index (χ3n) is 3.71. The van der Waals surface area contributed by atoms with Gasteiger partial charge < -0.3 is 0 Å². The second-order valence-electron chi connectivity index (χ2n) is 5.30. The summed E-state index contributed by atoms with van der Waals surface area (Å²) in [6.45, 7) is 3.85. The van der Waals surface area contributed by atoms with Gasteiger partial charge in [-0.25, -0.2) is 4.98 Å². The van der Waals surface area contributed by atoms with Crippen molar-refractivity contribution in [2.75, 3.05) is 12.8 Å². The minimum atomic E-state index is -0.504. The topological polar surface area (TPSA) is 62.3 Å². The van der Waals surface area contributed by atoms with Gasteiger partial charge in [-0.2, -0.15) is 0 Å². The van der Waals surface area contributed by atoms with E-state index in [2.05, 4.69) is 16.9 Å². The third kappa shape index (κ3) is 3.33. The predicted molar refractivity (Wildman–Crippen MR) is 104 cm³/mol. The fourth-order valence-corrected chi connectivity index (χ4v) is 3.32. The number of pyridine rings is 1. The van der Waals surface area contributed by atoms with E-state index >= 15 is 0 Å². The Labute approximate surface area is 154 Å². The molecule has 1 aromatic carbocycles. The Kier molecular flexibility index (Phi) is 4.96. The molecular formula is C18H15N3O2S2. The molecular weight excluding hydrogens is 354 g/mol. The number of nitrogens with zero attached hydrogens (tertiary/aromatic N) is 2. The first-order valence-corrected chi connectivity index (χ1v) is 9.12. The number of thioether (sulfide) groups is 1. The Balaban J connectivity index is 2.10. The van der Waals surface area contributed by atoms with Gasteiger partial charge in [-0.3, -0.25) is 19.8 Å². The van der Waals surface area contributed by atoms with Crippen molar-refractivity contribution in [2.45, 2.75) is 5.03 Å². The zero-order valence-corrected chi connectivity index (χ0v) is 15.1. The monoisotopic (exact) mass is 369 g/mol. The summed E-state index contributed by atoms with van der Waals surface area (Å²) in [5.74, 6) is -0.940. The van der Waals surface area contributed by atoms with Crippen molar-refractivity contribution in [3.05, 3.63) is 54.1 Å². The highest BCUT2D eigenvalue weighted by Gasteiger charge is 2.32. The van der Waals surface area contributed by atoms with E-state index in [0.29, 0.717) is 0 Å². The quantitative estimate of drug-likeness (QED) is 0.295. The van der Waals surface area contributed by atoms with E-state index in [9.17, 15) is 9.59 Å². The van der Waals surface area contributed by atoms with Crippen LogP contribution in [0, 0.1) is 0 Å². The number of aromatic nitrogens is 1. The maximum Gasteiger partial charge on any atom is 0.265 e. The van der Waals surface area contributed by atoms with Gasteiger partial charge in [0, 0.05) is 17.5 Å². The standard InChI is InChI=1S/C18H15N3O2S2/c1-3-8-21-17(23)13(15(22)20-18(21)24)10-12-9-11-6-4-5-7-14(11)19-16(12)25-2/h3-7,9-10H,1,8H2,2H3,(H,20,22,24)/b13-10+. The van der Waals surface area contributed by atoms with Crippen molar-refractivity contribution in [3.63, 3.8) is 0 Å². The van der Waals surface area contributed by atoms with E-state index in [0.717, 1.165) is 21.5 Å². The third-order valence-corrected chi connectivity index (χ3v) is 4.74. The molecule has 1 saturated heterocycles. The fraction of sp³-hybridized carbons (Fsp3) is 0.111. The number of fused-ring (bicyclic) bond motifs is 1. The molecule has 0 saturated carbocycles. The van der Waals surface area contributed by atoms with Gasteiger partial charge in [0.25, 0.3) is 11.8 Å². The number of benzene rings is 1. The van der Waals surface area contributed by atoms with Crippen LogP contribution in [0.2, 0.25) is 0 Å². The fourth-order valence-electron chi connectivity index (χ4n) is 2.53. The van der Waals surface area contributed by atoms with E-state index in [-0.39, 0.29) is 17.2 Å². The van der Waals surface area contributed by atoms with Crippen molar-refractivity contribution in [3.8, 4) is 0 Å². The molecule has 2 aromatic rings. The SMILES string of the molecule is C=CCN1C(=O)/C(=C/c2cc3ccccc3nc2SC)C(=O)NC1=S. The van der Waals surface area contributed by atoms with E-state index in [1.807, 2.05) is 36.6 Å². The Hall–Kier alpha value is -2.51. The summed E-state index contributed by atoms with van der Waals surface area (Å²) in [5.41, 5.74) is 1.61. The summed E-state index contributed by atoms with van der Waals surface area (Å²) in [6, 6.07) is 9.63. The second-order valence-corrected chi connectivity index (χ2v) is 6.48. The highest BCUT2D eigenvalue weighted by atomic mass is 32.2. The number of rotatable bonds is 4. The average Bonchev–Trinajstić information content (AvgIpc) is 2.61. The summed E-state index contributed by atoms with van der Waals surface area (Å²) in [6.07, 6.45) is 5.03. The molecule has 2 amide bonds.